The first-order chi connectivity index (χ1) is 10.1. The summed E-state index contributed by atoms with van der Waals surface area (Å²) >= 11 is 0. The molecule has 1 aromatic rings. The monoisotopic (exact) mass is 291 g/mol. The summed E-state index contributed by atoms with van der Waals surface area (Å²) in [6.07, 6.45) is 0.803. The summed E-state index contributed by atoms with van der Waals surface area (Å²) in [5, 5.41) is 8.53. The summed E-state index contributed by atoms with van der Waals surface area (Å²) in [4.78, 5) is 37.9. The Bertz CT molecular complexity index is 556. The number of hydrogen-bond donors (Lipinski definition) is 2. The normalized spacial score (nSPS) is 14.8. The van der Waals surface area contributed by atoms with Crippen LogP contribution in [-0.4, -0.2) is 45.9 Å². The van der Waals surface area contributed by atoms with Gasteiger partial charge in [0.15, 0.2) is 0 Å². The molecule has 4 amide bonds. The topological polar surface area (TPSA) is 90.0 Å². The summed E-state index contributed by atoms with van der Waals surface area (Å²) in [5.74, 6) is -0.824. The predicted octanol–water partition coefficient (Wildman–Crippen LogP) is 0.980. The molecule has 21 heavy (non-hydrogen) atoms. The molecular weight excluding hydrogens is 274 g/mol. The van der Waals surface area contributed by atoms with Crippen molar-refractivity contribution in [2.45, 2.75) is 19.9 Å². The van der Waals surface area contributed by atoms with Gasteiger partial charge in [-0.2, -0.15) is 0 Å². The Labute approximate surface area is 122 Å². The van der Waals surface area contributed by atoms with E-state index in [1.165, 1.54) is 21.9 Å². The van der Waals surface area contributed by atoms with Crippen molar-refractivity contribution >= 4 is 17.8 Å². The fourth-order valence-corrected chi connectivity index (χ4v) is 2.20. The highest BCUT2D eigenvalue weighted by atomic mass is 16.5. The van der Waals surface area contributed by atoms with Gasteiger partial charge in [-0.3, -0.25) is 19.7 Å². The average Bonchev–Trinajstić information content (AvgIpc) is 2.75. The summed E-state index contributed by atoms with van der Waals surface area (Å²) in [7, 11) is 0. The lowest BCUT2D eigenvalue weighted by molar-refractivity contribution is -0.125. The van der Waals surface area contributed by atoms with Gasteiger partial charge in [-0.05, 0) is 24.1 Å². The Balaban J connectivity index is 2.06. The van der Waals surface area contributed by atoms with E-state index in [0.29, 0.717) is 12.1 Å². The van der Waals surface area contributed by atoms with Crippen molar-refractivity contribution < 1.29 is 19.6 Å². The number of hydrogen-bond acceptors (Lipinski definition) is 4. The lowest BCUT2D eigenvalue weighted by Gasteiger charge is -2.16. The molecule has 1 fully saturated rings. The Morgan fingerprint density at radius 1 is 1.29 bits per heavy atom. The van der Waals surface area contributed by atoms with Crippen molar-refractivity contribution in [3.05, 3.63) is 35.4 Å². The first kappa shape index (κ1) is 15.0. The van der Waals surface area contributed by atoms with Gasteiger partial charge in [0.1, 0.15) is 6.54 Å². The molecule has 1 aliphatic rings. The number of imide groups is 1. The van der Waals surface area contributed by atoms with E-state index >= 15 is 0 Å². The number of urea groups is 1. The molecule has 1 heterocycles. The summed E-state index contributed by atoms with van der Waals surface area (Å²) < 4.78 is 0. The largest absolute Gasteiger partial charge is 0.327 e. The van der Waals surface area contributed by atoms with Gasteiger partial charge in [0, 0.05) is 12.1 Å². The second-order valence-electron chi connectivity index (χ2n) is 4.82. The van der Waals surface area contributed by atoms with Crippen LogP contribution in [0.25, 0.3) is 0 Å². The average molecular weight is 291 g/mol. The van der Waals surface area contributed by atoms with Crippen LogP contribution in [0.2, 0.25) is 0 Å². The zero-order chi connectivity index (χ0) is 15.4. The van der Waals surface area contributed by atoms with Gasteiger partial charge in [0.05, 0.1) is 6.54 Å². The van der Waals surface area contributed by atoms with Crippen molar-refractivity contribution in [3.63, 3.8) is 0 Å². The molecule has 0 atom stereocenters. The first-order valence-electron chi connectivity index (χ1n) is 6.69. The highest BCUT2D eigenvalue weighted by Crippen LogP contribution is 2.15. The number of carbonyl (C=O) groups excluding carboxylic acids is 3. The lowest BCUT2D eigenvalue weighted by atomic mass is 10.1. The van der Waals surface area contributed by atoms with Crippen LogP contribution in [0.15, 0.2) is 24.3 Å². The van der Waals surface area contributed by atoms with E-state index < -0.39 is 5.91 Å². The Hall–Kier alpha value is -2.41. The van der Waals surface area contributed by atoms with Gasteiger partial charge in [0.2, 0.25) is 0 Å². The number of benzene rings is 1. The number of hydroxylamine groups is 1. The maximum Gasteiger partial charge on any atom is 0.327 e. The van der Waals surface area contributed by atoms with Crippen LogP contribution >= 0.6 is 0 Å². The second-order valence-corrected chi connectivity index (χ2v) is 4.82. The predicted molar refractivity (Wildman–Crippen MR) is 73.5 cm³/mol. The van der Waals surface area contributed by atoms with Crippen LogP contribution in [0.5, 0.6) is 0 Å². The van der Waals surface area contributed by atoms with E-state index in [1.54, 1.807) is 17.6 Å². The zero-order valence-corrected chi connectivity index (χ0v) is 11.7. The maximum absolute atomic E-state index is 12.1. The first-order valence-corrected chi connectivity index (χ1v) is 6.69. The standard InChI is InChI=1S/C14H17N3O4/c1-2-7-16-9-12(18)17(14(16)20)8-10-3-5-11(6-4-10)13(19)15-21/h3-6,21H,2,7-9H2,1H3,(H,15,19). The van der Waals surface area contributed by atoms with Crippen molar-refractivity contribution in [2.24, 2.45) is 0 Å². The van der Waals surface area contributed by atoms with E-state index in [-0.39, 0.29) is 25.0 Å². The molecule has 2 rings (SSSR count). The number of amides is 4. The van der Waals surface area contributed by atoms with Crippen LogP contribution in [-0.2, 0) is 11.3 Å². The van der Waals surface area contributed by atoms with E-state index in [2.05, 4.69) is 0 Å². The van der Waals surface area contributed by atoms with Gasteiger partial charge in [-0.25, -0.2) is 10.3 Å². The third-order valence-corrected chi connectivity index (χ3v) is 3.28. The number of nitrogens with one attached hydrogen (secondary N) is 1. The van der Waals surface area contributed by atoms with E-state index in [9.17, 15) is 14.4 Å². The van der Waals surface area contributed by atoms with E-state index in [1.807, 2.05) is 6.92 Å². The van der Waals surface area contributed by atoms with Crippen molar-refractivity contribution in [1.29, 1.82) is 0 Å². The van der Waals surface area contributed by atoms with E-state index in [4.69, 9.17) is 5.21 Å². The van der Waals surface area contributed by atoms with Crippen LogP contribution in [0.1, 0.15) is 29.3 Å². The summed E-state index contributed by atoms with van der Waals surface area (Å²) in [6.45, 7) is 2.82. The molecular formula is C14H17N3O4. The molecule has 112 valence electrons. The maximum atomic E-state index is 12.1. The molecule has 7 nitrogen and oxygen atoms in total. The van der Waals surface area contributed by atoms with Crippen molar-refractivity contribution in [2.75, 3.05) is 13.1 Å². The lowest BCUT2D eigenvalue weighted by Crippen LogP contribution is -2.33. The fraction of sp³-hybridized carbons (Fsp3) is 0.357. The molecule has 0 unspecified atom stereocenters. The molecule has 0 bridgehead atoms. The van der Waals surface area contributed by atoms with E-state index in [0.717, 1.165) is 12.0 Å². The van der Waals surface area contributed by atoms with Gasteiger partial charge in [-0.15, -0.1) is 0 Å². The Morgan fingerprint density at radius 2 is 1.95 bits per heavy atom. The molecule has 0 saturated carbocycles. The molecule has 2 N–H and O–H groups in total. The smallest absolute Gasteiger partial charge is 0.315 e. The fourth-order valence-electron chi connectivity index (χ4n) is 2.20. The van der Waals surface area contributed by atoms with Crippen molar-refractivity contribution in [1.82, 2.24) is 15.3 Å². The summed E-state index contributed by atoms with van der Waals surface area (Å²) in [6, 6.07) is 6.06. The molecule has 0 spiro atoms. The van der Waals surface area contributed by atoms with Crippen LogP contribution in [0, 0.1) is 0 Å². The Kier molecular flexibility index (Phi) is 4.54. The van der Waals surface area contributed by atoms with Gasteiger partial charge < -0.3 is 4.90 Å². The summed E-state index contributed by atoms with van der Waals surface area (Å²) in [5.41, 5.74) is 2.58. The molecule has 1 aromatic carbocycles. The minimum atomic E-state index is -0.607. The Morgan fingerprint density at radius 3 is 2.52 bits per heavy atom. The minimum absolute atomic E-state index is 0.123. The number of carbonyl (C=O) groups is 3. The van der Waals surface area contributed by atoms with Gasteiger partial charge in [-0.1, -0.05) is 19.1 Å². The molecule has 0 radical (unpaired) electrons. The van der Waals surface area contributed by atoms with Crippen LogP contribution < -0.4 is 5.48 Å². The molecule has 0 aliphatic carbocycles. The van der Waals surface area contributed by atoms with Gasteiger partial charge >= 0.3 is 6.03 Å². The highest BCUT2D eigenvalue weighted by molar-refractivity contribution is 6.01. The SMILES string of the molecule is CCCN1CC(=O)N(Cc2ccc(C(=O)NO)cc2)C1=O. The third kappa shape index (κ3) is 3.19. The minimum Gasteiger partial charge on any atom is -0.315 e. The highest BCUT2D eigenvalue weighted by Gasteiger charge is 2.35. The molecule has 1 aliphatic heterocycles. The van der Waals surface area contributed by atoms with Crippen molar-refractivity contribution in [3.8, 4) is 0 Å². The third-order valence-electron chi connectivity index (χ3n) is 3.28. The zero-order valence-electron chi connectivity index (χ0n) is 11.7. The van der Waals surface area contributed by atoms with Crippen LogP contribution in [0.3, 0.4) is 0 Å². The quantitative estimate of drug-likeness (QED) is 0.481. The molecule has 0 aromatic heterocycles. The number of rotatable bonds is 5. The molecule has 1 saturated heterocycles. The second kappa shape index (κ2) is 6.36. The van der Waals surface area contributed by atoms with Crippen LogP contribution in [0.4, 0.5) is 4.79 Å². The molecule has 7 heteroatoms. The number of nitrogens with zero attached hydrogens (tertiary/aromatic N) is 2. The van der Waals surface area contributed by atoms with Gasteiger partial charge in [0.25, 0.3) is 11.8 Å².